The lowest BCUT2D eigenvalue weighted by Crippen LogP contribution is -2.15. The van der Waals surface area contributed by atoms with Gasteiger partial charge in [0.2, 0.25) is 5.91 Å². The van der Waals surface area contributed by atoms with Gasteiger partial charge in [0, 0.05) is 16.0 Å². The first kappa shape index (κ1) is 14.8. The summed E-state index contributed by atoms with van der Waals surface area (Å²) in [6, 6.07) is 10.0. The minimum atomic E-state index is -0.796. The van der Waals surface area contributed by atoms with E-state index in [9.17, 15) is 13.6 Å². The minimum absolute atomic E-state index is 0.0342. The number of anilines is 1. The van der Waals surface area contributed by atoms with Crippen LogP contribution in [0.2, 0.25) is 5.02 Å². The number of halogens is 3. The number of thioether (sulfide) groups is 1. The Morgan fingerprint density at radius 3 is 2.50 bits per heavy atom. The molecule has 0 spiro atoms. The molecular weight excluding hydrogens is 304 g/mol. The molecule has 1 amide bonds. The Bertz CT molecular complexity index is 619. The largest absolute Gasteiger partial charge is 0.323 e. The van der Waals surface area contributed by atoms with Crippen molar-refractivity contribution in [2.24, 2.45) is 0 Å². The summed E-state index contributed by atoms with van der Waals surface area (Å²) in [5.74, 6) is -1.72. The Labute approximate surface area is 124 Å². The van der Waals surface area contributed by atoms with E-state index in [1.807, 2.05) is 0 Å². The molecule has 0 aromatic heterocycles. The van der Waals surface area contributed by atoms with Gasteiger partial charge in [-0.1, -0.05) is 11.6 Å². The van der Waals surface area contributed by atoms with Crippen molar-refractivity contribution in [2.45, 2.75) is 4.90 Å². The zero-order chi connectivity index (χ0) is 14.5. The first-order valence-electron chi connectivity index (χ1n) is 5.68. The van der Waals surface area contributed by atoms with Crippen molar-refractivity contribution in [3.8, 4) is 0 Å². The first-order chi connectivity index (χ1) is 9.54. The highest BCUT2D eigenvalue weighted by molar-refractivity contribution is 8.00. The molecule has 0 aliphatic rings. The quantitative estimate of drug-likeness (QED) is 0.850. The second-order valence-electron chi connectivity index (χ2n) is 3.91. The van der Waals surface area contributed by atoms with Crippen LogP contribution in [0.4, 0.5) is 14.5 Å². The highest BCUT2D eigenvalue weighted by Gasteiger charge is 2.08. The van der Waals surface area contributed by atoms with E-state index >= 15 is 0 Å². The van der Waals surface area contributed by atoms with Crippen LogP contribution in [0, 0.1) is 11.6 Å². The fourth-order valence-corrected chi connectivity index (χ4v) is 2.28. The van der Waals surface area contributed by atoms with Gasteiger partial charge in [-0.2, -0.15) is 0 Å². The van der Waals surface area contributed by atoms with Crippen molar-refractivity contribution in [3.05, 3.63) is 59.1 Å². The summed E-state index contributed by atoms with van der Waals surface area (Å²) in [6.07, 6.45) is 0. The van der Waals surface area contributed by atoms with Gasteiger partial charge < -0.3 is 5.32 Å². The lowest BCUT2D eigenvalue weighted by atomic mass is 10.3. The van der Waals surface area contributed by atoms with Gasteiger partial charge in [0.25, 0.3) is 0 Å². The van der Waals surface area contributed by atoms with Crippen molar-refractivity contribution in [1.29, 1.82) is 0 Å². The third kappa shape index (κ3) is 4.21. The summed E-state index contributed by atoms with van der Waals surface area (Å²) in [5, 5.41) is 3.01. The number of hydrogen-bond acceptors (Lipinski definition) is 2. The molecule has 0 aliphatic heterocycles. The number of hydrogen-bond donors (Lipinski definition) is 1. The van der Waals surface area contributed by atoms with E-state index < -0.39 is 11.6 Å². The predicted octanol–water partition coefficient (Wildman–Crippen LogP) is 4.35. The van der Waals surface area contributed by atoms with Crippen molar-refractivity contribution in [1.82, 2.24) is 0 Å². The summed E-state index contributed by atoms with van der Waals surface area (Å²) < 4.78 is 26.1. The molecule has 2 rings (SSSR count). The number of amides is 1. The predicted molar refractivity (Wildman–Crippen MR) is 77.2 cm³/mol. The normalized spacial score (nSPS) is 10.3. The van der Waals surface area contributed by atoms with Crippen LogP contribution in [0.1, 0.15) is 0 Å². The molecular formula is C14H10ClF2NOS. The summed E-state index contributed by atoms with van der Waals surface area (Å²) in [6.45, 7) is 0. The van der Waals surface area contributed by atoms with Crippen LogP contribution in [-0.4, -0.2) is 11.7 Å². The summed E-state index contributed by atoms with van der Waals surface area (Å²) >= 11 is 7.05. The molecule has 0 fully saturated rings. The zero-order valence-corrected chi connectivity index (χ0v) is 11.8. The molecule has 6 heteroatoms. The Morgan fingerprint density at radius 2 is 1.85 bits per heavy atom. The molecule has 0 saturated heterocycles. The van der Waals surface area contributed by atoms with Gasteiger partial charge in [0.05, 0.1) is 11.4 Å². The van der Waals surface area contributed by atoms with Crippen LogP contribution in [0.3, 0.4) is 0 Å². The highest BCUT2D eigenvalue weighted by atomic mass is 35.5. The smallest absolute Gasteiger partial charge is 0.234 e. The third-order valence-electron chi connectivity index (χ3n) is 2.39. The topological polar surface area (TPSA) is 29.1 Å². The summed E-state index contributed by atoms with van der Waals surface area (Å²) in [4.78, 5) is 12.6. The number of nitrogens with one attached hydrogen (secondary N) is 1. The van der Waals surface area contributed by atoms with Gasteiger partial charge >= 0.3 is 0 Å². The second-order valence-corrected chi connectivity index (χ2v) is 5.40. The lowest BCUT2D eigenvalue weighted by Gasteiger charge is -2.06. The molecule has 2 nitrogen and oxygen atoms in total. The number of benzene rings is 2. The average Bonchev–Trinajstić information content (AvgIpc) is 2.41. The van der Waals surface area contributed by atoms with Crippen LogP contribution in [0.25, 0.3) is 0 Å². The van der Waals surface area contributed by atoms with Crippen LogP contribution in [0.5, 0.6) is 0 Å². The molecule has 0 radical (unpaired) electrons. The monoisotopic (exact) mass is 313 g/mol. The maximum absolute atomic E-state index is 13.3. The molecule has 1 N–H and O–H groups in total. The minimum Gasteiger partial charge on any atom is -0.323 e. The molecule has 0 bridgehead atoms. The zero-order valence-electron chi connectivity index (χ0n) is 10.2. The molecule has 0 atom stereocenters. The van der Waals surface area contributed by atoms with E-state index in [-0.39, 0.29) is 17.3 Å². The van der Waals surface area contributed by atoms with Gasteiger partial charge in [-0.3, -0.25) is 4.79 Å². The van der Waals surface area contributed by atoms with E-state index in [2.05, 4.69) is 5.32 Å². The summed E-state index contributed by atoms with van der Waals surface area (Å²) in [7, 11) is 0. The Balaban J connectivity index is 1.90. The van der Waals surface area contributed by atoms with E-state index in [4.69, 9.17) is 11.6 Å². The van der Waals surface area contributed by atoms with Crippen LogP contribution in [-0.2, 0) is 4.79 Å². The fourth-order valence-electron chi connectivity index (χ4n) is 1.46. The maximum Gasteiger partial charge on any atom is 0.234 e. The van der Waals surface area contributed by atoms with Gasteiger partial charge in [-0.05, 0) is 36.4 Å². The second kappa shape index (κ2) is 6.72. The Kier molecular flexibility index (Phi) is 4.98. The van der Waals surface area contributed by atoms with Crippen molar-refractivity contribution < 1.29 is 13.6 Å². The van der Waals surface area contributed by atoms with E-state index in [0.717, 1.165) is 17.0 Å². The molecule has 0 unspecified atom stereocenters. The lowest BCUT2D eigenvalue weighted by molar-refractivity contribution is -0.113. The number of carbonyl (C=O) groups excluding carboxylic acids is 1. The number of carbonyl (C=O) groups is 1. The molecule has 0 aliphatic carbocycles. The highest BCUT2D eigenvalue weighted by Crippen LogP contribution is 2.21. The van der Waals surface area contributed by atoms with E-state index in [0.29, 0.717) is 5.02 Å². The van der Waals surface area contributed by atoms with E-state index in [1.165, 1.54) is 17.8 Å². The first-order valence-corrected chi connectivity index (χ1v) is 7.04. The van der Waals surface area contributed by atoms with Gasteiger partial charge in [0.15, 0.2) is 0 Å². The van der Waals surface area contributed by atoms with Crippen molar-refractivity contribution in [2.75, 3.05) is 11.1 Å². The molecule has 0 heterocycles. The Hall–Kier alpha value is -1.59. The van der Waals surface area contributed by atoms with Gasteiger partial charge in [-0.15, -0.1) is 11.8 Å². The molecule has 0 saturated carbocycles. The summed E-state index contributed by atoms with van der Waals surface area (Å²) in [5.41, 5.74) is -0.0342. The van der Waals surface area contributed by atoms with Crippen LogP contribution < -0.4 is 5.32 Å². The van der Waals surface area contributed by atoms with E-state index in [1.54, 1.807) is 24.3 Å². The Morgan fingerprint density at radius 1 is 1.15 bits per heavy atom. The third-order valence-corrected chi connectivity index (χ3v) is 3.65. The SMILES string of the molecule is O=C(CSc1ccc(Cl)cc1)Nc1ccc(F)cc1F. The maximum atomic E-state index is 13.3. The molecule has 20 heavy (non-hydrogen) atoms. The molecule has 104 valence electrons. The van der Waals surface area contributed by atoms with Gasteiger partial charge in [0.1, 0.15) is 11.6 Å². The standard InChI is InChI=1S/C14H10ClF2NOS/c15-9-1-4-11(5-2-9)20-8-14(19)18-13-6-3-10(16)7-12(13)17/h1-7H,8H2,(H,18,19). The van der Waals surface area contributed by atoms with Crippen LogP contribution in [0.15, 0.2) is 47.4 Å². The fraction of sp³-hybridized carbons (Fsp3) is 0.0714. The van der Waals surface area contributed by atoms with Gasteiger partial charge in [-0.25, -0.2) is 8.78 Å². The van der Waals surface area contributed by atoms with Crippen molar-refractivity contribution >= 4 is 35.0 Å². The van der Waals surface area contributed by atoms with Crippen molar-refractivity contribution in [3.63, 3.8) is 0 Å². The van der Waals surface area contributed by atoms with Crippen LogP contribution >= 0.6 is 23.4 Å². The molecule has 2 aromatic carbocycles. The average molecular weight is 314 g/mol. The number of rotatable bonds is 4. The molecule has 2 aromatic rings.